The second kappa shape index (κ2) is 6.03. The van der Waals surface area contributed by atoms with Gasteiger partial charge in [0.05, 0.1) is 11.1 Å². The second-order valence-electron chi connectivity index (χ2n) is 5.48. The van der Waals surface area contributed by atoms with Crippen molar-refractivity contribution in [2.24, 2.45) is 0 Å². The van der Waals surface area contributed by atoms with Gasteiger partial charge in [0.25, 0.3) is 5.56 Å². The molecule has 2 heterocycles. The van der Waals surface area contributed by atoms with Crippen LogP contribution >= 0.6 is 0 Å². The maximum atomic E-state index is 13.9. The molecule has 0 aliphatic rings. The molecule has 3 aromatic rings. The van der Waals surface area contributed by atoms with E-state index in [0.29, 0.717) is 24.6 Å². The summed E-state index contributed by atoms with van der Waals surface area (Å²) >= 11 is 0. The SMILES string of the molecule is CCc1[nH]c2c(C(=O)c3ccc(F)cc3F)ccc(=O)n2c1CC. The van der Waals surface area contributed by atoms with Crippen LogP contribution in [-0.4, -0.2) is 15.2 Å². The molecule has 0 fully saturated rings. The number of nitrogens with zero attached hydrogens (tertiary/aromatic N) is 1. The van der Waals surface area contributed by atoms with Crippen molar-refractivity contribution in [3.05, 3.63) is 74.8 Å². The van der Waals surface area contributed by atoms with Gasteiger partial charge in [-0.1, -0.05) is 13.8 Å². The largest absolute Gasteiger partial charge is 0.343 e. The fourth-order valence-electron chi connectivity index (χ4n) is 2.95. The van der Waals surface area contributed by atoms with Crippen LogP contribution in [0, 0.1) is 11.6 Å². The number of aromatic amines is 1. The molecule has 6 heteroatoms. The van der Waals surface area contributed by atoms with Gasteiger partial charge in [0.15, 0.2) is 5.78 Å². The predicted molar refractivity (Wildman–Crippen MR) is 86.6 cm³/mol. The minimum Gasteiger partial charge on any atom is -0.343 e. The number of hydrogen-bond acceptors (Lipinski definition) is 2. The van der Waals surface area contributed by atoms with Gasteiger partial charge in [0.1, 0.15) is 17.3 Å². The number of ketones is 1. The number of carbonyl (C=O) groups excluding carboxylic acids is 1. The first-order chi connectivity index (χ1) is 11.5. The van der Waals surface area contributed by atoms with Gasteiger partial charge < -0.3 is 4.98 Å². The second-order valence-corrected chi connectivity index (χ2v) is 5.48. The summed E-state index contributed by atoms with van der Waals surface area (Å²) < 4.78 is 28.5. The molecule has 2 aromatic heterocycles. The van der Waals surface area contributed by atoms with Gasteiger partial charge >= 0.3 is 0 Å². The van der Waals surface area contributed by atoms with Crippen molar-refractivity contribution < 1.29 is 13.6 Å². The molecule has 0 radical (unpaired) electrons. The lowest BCUT2D eigenvalue weighted by Gasteiger charge is -2.05. The summed E-state index contributed by atoms with van der Waals surface area (Å²) in [4.78, 5) is 28.0. The van der Waals surface area contributed by atoms with Crippen LogP contribution in [0.5, 0.6) is 0 Å². The highest BCUT2D eigenvalue weighted by Gasteiger charge is 2.21. The average Bonchev–Trinajstić information content (AvgIpc) is 2.94. The maximum absolute atomic E-state index is 13.9. The Bertz CT molecular complexity index is 1000. The summed E-state index contributed by atoms with van der Waals surface area (Å²) in [5, 5.41) is 0. The predicted octanol–water partition coefficient (Wildman–Crippen LogP) is 3.26. The van der Waals surface area contributed by atoms with Crippen molar-refractivity contribution in [1.29, 1.82) is 0 Å². The van der Waals surface area contributed by atoms with E-state index < -0.39 is 17.4 Å². The number of H-pyrrole nitrogens is 1. The van der Waals surface area contributed by atoms with Crippen LogP contribution in [0.4, 0.5) is 8.78 Å². The van der Waals surface area contributed by atoms with Gasteiger partial charge in [-0.2, -0.15) is 0 Å². The van der Waals surface area contributed by atoms with Gasteiger partial charge in [0, 0.05) is 23.5 Å². The smallest absolute Gasteiger partial charge is 0.256 e. The monoisotopic (exact) mass is 330 g/mol. The first-order valence-electron chi connectivity index (χ1n) is 7.73. The van der Waals surface area contributed by atoms with Crippen LogP contribution in [0.3, 0.4) is 0 Å². The quantitative estimate of drug-likeness (QED) is 0.747. The summed E-state index contributed by atoms with van der Waals surface area (Å²) in [6.07, 6.45) is 1.29. The molecule has 4 nitrogen and oxygen atoms in total. The van der Waals surface area contributed by atoms with E-state index in [1.54, 1.807) is 0 Å². The van der Waals surface area contributed by atoms with Gasteiger partial charge in [-0.25, -0.2) is 8.78 Å². The molecule has 3 rings (SSSR count). The van der Waals surface area contributed by atoms with E-state index in [0.717, 1.165) is 23.5 Å². The third kappa shape index (κ3) is 2.44. The topological polar surface area (TPSA) is 54.3 Å². The molecule has 0 aliphatic carbocycles. The Labute approximate surface area is 136 Å². The van der Waals surface area contributed by atoms with Gasteiger partial charge in [-0.05, 0) is 31.0 Å². The third-order valence-corrected chi connectivity index (χ3v) is 4.09. The van der Waals surface area contributed by atoms with Gasteiger partial charge in [-0.15, -0.1) is 0 Å². The van der Waals surface area contributed by atoms with Crippen LogP contribution < -0.4 is 5.56 Å². The average molecular weight is 330 g/mol. The molecule has 0 spiro atoms. The number of imidazole rings is 1. The molecule has 1 aromatic carbocycles. The van der Waals surface area contributed by atoms with E-state index in [9.17, 15) is 18.4 Å². The number of hydrogen-bond donors (Lipinski definition) is 1. The Morgan fingerprint density at radius 3 is 2.42 bits per heavy atom. The van der Waals surface area contributed by atoms with E-state index in [-0.39, 0.29) is 16.7 Å². The minimum atomic E-state index is -0.928. The molecule has 0 bridgehead atoms. The number of nitrogens with one attached hydrogen (secondary N) is 1. The molecule has 0 saturated carbocycles. The van der Waals surface area contributed by atoms with E-state index in [4.69, 9.17) is 0 Å². The fraction of sp³-hybridized carbons (Fsp3) is 0.222. The van der Waals surface area contributed by atoms with Crippen molar-refractivity contribution in [3.8, 4) is 0 Å². The highest BCUT2D eigenvalue weighted by atomic mass is 19.1. The Hall–Kier alpha value is -2.76. The Morgan fingerprint density at radius 1 is 1.08 bits per heavy atom. The number of benzene rings is 1. The summed E-state index contributed by atoms with van der Waals surface area (Å²) in [5.74, 6) is -2.28. The number of aromatic nitrogens is 2. The van der Waals surface area contributed by atoms with E-state index in [1.807, 2.05) is 13.8 Å². The van der Waals surface area contributed by atoms with Crippen molar-refractivity contribution in [2.45, 2.75) is 26.7 Å². The van der Waals surface area contributed by atoms with Crippen LogP contribution in [0.25, 0.3) is 5.65 Å². The number of aryl methyl sites for hydroxylation is 2. The number of fused-ring (bicyclic) bond motifs is 1. The molecule has 0 unspecified atom stereocenters. The molecule has 0 aliphatic heterocycles. The molecular weight excluding hydrogens is 314 g/mol. The first kappa shape index (κ1) is 16.1. The third-order valence-electron chi connectivity index (χ3n) is 4.09. The number of halogens is 2. The highest BCUT2D eigenvalue weighted by Crippen LogP contribution is 2.20. The van der Waals surface area contributed by atoms with E-state index >= 15 is 0 Å². The molecule has 24 heavy (non-hydrogen) atoms. The summed E-state index contributed by atoms with van der Waals surface area (Å²) in [7, 11) is 0. The zero-order chi connectivity index (χ0) is 17.4. The minimum absolute atomic E-state index is 0.175. The highest BCUT2D eigenvalue weighted by molar-refractivity contribution is 6.12. The van der Waals surface area contributed by atoms with Crippen LogP contribution in [0.1, 0.15) is 41.2 Å². The Morgan fingerprint density at radius 2 is 1.79 bits per heavy atom. The lowest BCUT2D eigenvalue weighted by molar-refractivity contribution is 0.103. The van der Waals surface area contributed by atoms with Crippen molar-refractivity contribution in [3.63, 3.8) is 0 Å². The van der Waals surface area contributed by atoms with Crippen LogP contribution in [-0.2, 0) is 12.8 Å². The summed E-state index contributed by atoms with van der Waals surface area (Å²) in [6.45, 7) is 3.86. The van der Waals surface area contributed by atoms with Gasteiger partial charge in [-0.3, -0.25) is 14.0 Å². The molecule has 0 atom stereocenters. The standard InChI is InChI=1S/C18H16F2N2O2/c1-3-14-15(4-2)22-16(23)8-7-12(18(22)21-14)17(24)11-6-5-10(19)9-13(11)20/h5-9,21H,3-4H2,1-2H3. The Kier molecular flexibility index (Phi) is 4.05. The van der Waals surface area contributed by atoms with Crippen LogP contribution in [0.2, 0.25) is 0 Å². The normalized spacial score (nSPS) is 11.2. The molecule has 1 N–H and O–H groups in total. The maximum Gasteiger partial charge on any atom is 0.256 e. The Balaban J connectivity index is 2.27. The first-order valence-corrected chi connectivity index (χ1v) is 7.73. The molecular formula is C18H16F2N2O2. The van der Waals surface area contributed by atoms with Crippen molar-refractivity contribution in [2.75, 3.05) is 0 Å². The number of carbonyl (C=O) groups is 1. The lowest BCUT2D eigenvalue weighted by Crippen LogP contribution is -2.17. The summed E-state index contributed by atoms with van der Waals surface area (Å²) in [5.41, 5.74) is 1.68. The van der Waals surface area contributed by atoms with Gasteiger partial charge in [0.2, 0.25) is 0 Å². The molecule has 0 saturated heterocycles. The van der Waals surface area contributed by atoms with Crippen LogP contribution in [0.15, 0.2) is 35.1 Å². The zero-order valence-corrected chi connectivity index (χ0v) is 13.3. The summed E-state index contributed by atoms with van der Waals surface area (Å²) in [6, 6.07) is 5.47. The molecule has 0 amide bonds. The van der Waals surface area contributed by atoms with Crippen molar-refractivity contribution >= 4 is 11.4 Å². The fourth-order valence-corrected chi connectivity index (χ4v) is 2.95. The number of pyridine rings is 1. The zero-order valence-electron chi connectivity index (χ0n) is 13.3. The lowest BCUT2D eigenvalue weighted by atomic mass is 10.0. The van der Waals surface area contributed by atoms with Crippen molar-refractivity contribution in [1.82, 2.24) is 9.38 Å². The van der Waals surface area contributed by atoms with E-state index in [2.05, 4.69) is 4.98 Å². The number of rotatable bonds is 4. The molecule has 124 valence electrons. The van der Waals surface area contributed by atoms with E-state index in [1.165, 1.54) is 16.5 Å².